The molecule has 4 heteroatoms. The lowest BCUT2D eigenvalue weighted by Crippen LogP contribution is -2.15. The monoisotopic (exact) mass is 228 g/mol. The molecule has 0 radical (unpaired) electrons. The van der Waals surface area contributed by atoms with Crippen molar-refractivity contribution in [2.75, 3.05) is 5.32 Å². The fourth-order valence-corrected chi connectivity index (χ4v) is 1.59. The van der Waals surface area contributed by atoms with Gasteiger partial charge in [-0.25, -0.2) is 0 Å². The maximum absolute atomic E-state index is 8.75. The van der Waals surface area contributed by atoms with Crippen LogP contribution in [0.3, 0.4) is 0 Å². The topological polar surface area (TPSA) is 35.8 Å². The summed E-state index contributed by atoms with van der Waals surface area (Å²) in [6.07, 6.45) is 0.737. The fourth-order valence-electron chi connectivity index (χ4n) is 1.06. The average molecular weight is 229 g/mol. The third-order valence-corrected chi connectivity index (χ3v) is 2.20. The van der Waals surface area contributed by atoms with E-state index in [-0.39, 0.29) is 6.04 Å². The predicted octanol–water partition coefficient (Wildman–Crippen LogP) is 3.71. The summed E-state index contributed by atoms with van der Waals surface area (Å²) in [4.78, 5) is 0. The first kappa shape index (κ1) is 11.2. The minimum atomic E-state index is -0.204. The highest BCUT2D eigenvalue weighted by Gasteiger charge is 2.04. The summed E-state index contributed by atoms with van der Waals surface area (Å²) in [7, 11) is 0. The lowest BCUT2D eigenvalue weighted by Gasteiger charge is -2.10. The molecule has 1 aromatic rings. The van der Waals surface area contributed by atoms with Crippen LogP contribution >= 0.6 is 23.2 Å². The molecule has 1 atom stereocenters. The van der Waals surface area contributed by atoms with Gasteiger partial charge in [-0.15, -0.1) is 0 Å². The number of hydrogen-bond donors (Lipinski definition) is 1. The molecule has 0 saturated heterocycles. The van der Waals surface area contributed by atoms with E-state index in [0.29, 0.717) is 10.0 Å². The van der Waals surface area contributed by atoms with E-state index >= 15 is 0 Å². The number of rotatable bonds is 3. The lowest BCUT2D eigenvalue weighted by molar-refractivity contribution is 0.845. The van der Waals surface area contributed by atoms with Crippen molar-refractivity contribution >= 4 is 28.9 Å². The molecule has 1 N–H and O–H groups in total. The summed E-state index contributed by atoms with van der Waals surface area (Å²) < 4.78 is 0. The van der Waals surface area contributed by atoms with Gasteiger partial charge in [0.15, 0.2) is 0 Å². The van der Waals surface area contributed by atoms with Crippen LogP contribution in [0.4, 0.5) is 5.69 Å². The Morgan fingerprint density at radius 1 is 1.36 bits per heavy atom. The van der Waals surface area contributed by atoms with Gasteiger partial charge in [0.2, 0.25) is 0 Å². The first-order valence-corrected chi connectivity index (χ1v) is 5.03. The van der Waals surface area contributed by atoms with Gasteiger partial charge in [0, 0.05) is 15.7 Å². The van der Waals surface area contributed by atoms with Crippen molar-refractivity contribution in [3.05, 3.63) is 28.2 Å². The molecule has 0 fully saturated rings. The van der Waals surface area contributed by atoms with E-state index in [1.165, 1.54) is 0 Å². The highest BCUT2D eigenvalue weighted by atomic mass is 35.5. The molecule has 0 aliphatic carbocycles. The van der Waals surface area contributed by atoms with Crippen LogP contribution in [0, 0.1) is 11.3 Å². The first-order valence-electron chi connectivity index (χ1n) is 4.28. The minimum absolute atomic E-state index is 0.204. The Bertz CT molecular complexity index is 337. The largest absolute Gasteiger partial charge is 0.370 e. The molecule has 0 aliphatic rings. The van der Waals surface area contributed by atoms with Crippen molar-refractivity contribution in [3.8, 4) is 6.07 Å². The highest BCUT2D eigenvalue weighted by Crippen LogP contribution is 2.23. The zero-order valence-electron chi connectivity index (χ0n) is 7.72. The van der Waals surface area contributed by atoms with Crippen LogP contribution in [0.5, 0.6) is 0 Å². The second-order valence-electron chi connectivity index (χ2n) is 2.89. The summed E-state index contributed by atoms with van der Waals surface area (Å²) in [6, 6.07) is 7.08. The normalized spacial score (nSPS) is 11.9. The zero-order valence-corrected chi connectivity index (χ0v) is 9.23. The Hall–Kier alpha value is -0.910. The van der Waals surface area contributed by atoms with E-state index in [0.717, 1.165) is 12.1 Å². The first-order chi connectivity index (χ1) is 6.65. The van der Waals surface area contributed by atoms with E-state index in [1.807, 2.05) is 6.92 Å². The zero-order chi connectivity index (χ0) is 10.6. The Morgan fingerprint density at radius 2 is 1.93 bits per heavy atom. The molecular weight excluding hydrogens is 219 g/mol. The van der Waals surface area contributed by atoms with Crippen molar-refractivity contribution in [2.45, 2.75) is 19.4 Å². The minimum Gasteiger partial charge on any atom is -0.370 e. The van der Waals surface area contributed by atoms with E-state index in [2.05, 4.69) is 11.4 Å². The van der Waals surface area contributed by atoms with Gasteiger partial charge < -0.3 is 5.32 Å². The van der Waals surface area contributed by atoms with Gasteiger partial charge in [-0.1, -0.05) is 30.1 Å². The molecule has 1 rings (SSSR count). The highest BCUT2D eigenvalue weighted by molar-refractivity contribution is 6.35. The molecule has 0 bridgehead atoms. The molecule has 0 saturated carbocycles. The Labute approximate surface area is 93.4 Å². The van der Waals surface area contributed by atoms with E-state index < -0.39 is 0 Å². The van der Waals surface area contributed by atoms with Gasteiger partial charge in [0.1, 0.15) is 6.04 Å². The number of halogens is 2. The molecule has 0 heterocycles. The van der Waals surface area contributed by atoms with Crippen LogP contribution in [0.1, 0.15) is 13.3 Å². The van der Waals surface area contributed by atoms with E-state index in [9.17, 15) is 0 Å². The average Bonchev–Trinajstić information content (AvgIpc) is 2.12. The van der Waals surface area contributed by atoms with Crippen LogP contribution in [-0.4, -0.2) is 6.04 Å². The number of nitrogens with one attached hydrogen (secondary N) is 1. The maximum Gasteiger partial charge on any atom is 0.114 e. The van der Waals surface area contributed by atoms with Crippen molar-refractivity contribution < 1.29 is 0 Å². The molecular formula is C10H10Cl2N2. The molecule has 14 heavy (non-hydrogen) atoms. The van der Waals surface area contributed by atoms with Crippen molar-refractivity contribution in [1.29, 1.82) is 5.26 Å². The molecule has 0 spiro atoms. The Balaban J connectivity index is 2.82. The molecule has 1 aromatic carbocycles. The quantitative estimate of drug-likeness (QED) is 0.857. The Morgan fingerprint density at radius 3 is 2.36 bits per heavy atom. The number of hydrogen-bond acceptors (Lipinski definition) is 2. The number of benzene rings is 1. The van der Waals surface area contributed by atoms with Crippen molar-refractivity contribution in [2.24, 2.45) is 0 Å². The molecule has 0 aromatic heterocycles. The summed E-state index contributed by atoms with van der Waals surface area (Å²) >= 11 is 11.6. The third-order valence-electron chi connectivity index (χ3n) is 1.77. The predicted molar refractivity (Wildman–Crippen MR) is 59.8 cm³/mol. The molecule has 1 unspecified atom stereocenters. The molecule has 0 amide bonds. The van der Waals surface area contributed by atoms with E-state index in [1.54, 1.807) is 18.2 Å². The summed E-state index contributed by atoms with van der Waals surface area (Å²) in [6.45, 7) is 1.94. The van der Waals surface area contributed by atoms with Gasteiger partial charge in [0.05, 0.1) is 6.07 Å². The van der Waals surface area contributed by atoms with Crippen LogP contribution in [0.25, 0.3) is 0 Å². The van der Waals surface area contributed by atoms with Gasteiger partial charge in [0.25, 0.3) is 0 Å². The van der Waals surface area contributed by atoms with Gasteiger partial charge >= 0.3 is 0 Å². The van der Waals surface area contributed by atoms with E-state index in [4.69, 9.17) is 28.5 Å². The third kappa shape index (κ3) is 3.10. The lowest BCUT2D eigenvalue weighted by atomic mass is 10.2. The van der Waals surface area contributed by atoms with Gasteiger partial charge in [-0.05, 0) is 24.6 Å². The smallest absolute Gasteiger partial charge is 0.114 e. The Kier molecular flexibility index (Phi) is 4.06. The van der Waals surface area contributed by atoms with Gasteiger partial charge in [-0.2, -0.15) is 5.26 Å². The maximum atomic E-state index is 8.75. The second-order valence-corrected chi connectivity index (χ2v) is 3.77. The number of anilines is 1. The summed E-state index contributed by atoms with van der Waals surface area (Å²) in [5.41, 5.74) is 0.774. The SMILES string of the molecule is CCC(C#N)Nc1cc(Cl)cc(Cl)c1. The van der Waals surface area contributed by atoms with Crippen molar-refractivity contribution in [1.82, 2.24) is 0 Å². The van der Waals surface area contributed by atoms with Gasteiger partial charge in [-0.3, -0.25) is 0 Å². The van der Waals surface area contributed by atoms with Crippen LogP contribution in [-0.2, 0) is 0 Å². The van der Waals surface area contributed by atoms with Crippen LogP contribution in [0.2, 0.25) is 10.0 Å². The number of nitriles is 1. The van der Waals surface area contributed by atoms with Crippen LogP contribution < -0.4 is 5.32 Å². The molecule has 0 aliphatic heterocycles. The number of nitrogens with zero attached hydrogens (tertiary/aromatic N) is 1. The standard InChI is InChI=1S/C10H10Cl2N2/c1-2-9(6-13)14-10-4-7(11)3-8(12)5-10/h3-5,9,14H,2H2,1H3. The molecule has 74 valence electrons. The fraction of sp³-hybridized carbons (Fsp3) is 0.300. The summed E-state index contributed by atoms with van der Waals surface area (Å²) in [5, 5.41) is 12.9. The molecule has 2 nitrogen and oxygen atoms in total. The van der Waals surface area contributed by atoms with Crippen LogP contribution in [0.15, 0.2) is 18.2 Å². The second kappa shape index (κ2) is 5.09. The van der Waals surface area contributed by atoms with Crippen molar-refractivity contribution in [3.63, 3.8) is 0 Å². The summed E-state index contributed by atoms with van der Waals surface area (Å²) in [5.74, 6) is 0.